The van der Waals surface area contributed by atoms with E-state index in [1.54, 1.807) is 11.3 Å². The minimum atomic E-state index is -0.364. The van der Waals surface area contributed by atoms with Crippen molar-refractivity contribution < 1.29 is 9.18 Å². The normalized spacial score (nSPS) is 10.8. The zero-order valence-electron chi connectivity index (χ0n) is 14.0. The van der Waals surface area contributed by atoms with Crippen molar-refractivity contribution in [3.63, 3.8) is 0 Å². The first-order valence-electron chi connectivity index (χ1n) is 8.13. The molecule has 0 aliphatic heterocycles. The Kier molecular flexibility index (Phi) is 4.22. The monoisotopic (exact) mass is 362 g/mol. The number of thiazole rings is 1. The topological polar surface area (TPSA) is 42.0 Å². The van der Waals surface area contributed by atoms with Crippen LogP contribution in [-0.2, 0) is 0 Å². The number of nitrogens with zero attached hydrogens (tertiary/aromatic N) is 1. The zero-order valence-corrected chi connectivity index (χ0v) is 14.8. The van der Waals surface area contributed by atoms with Crippen LogP contribution in [-0.4, -0.2) is 10.9 Å². The lowest BCUT2D eigenvalue weighted by Crippen LogP contribution is -2.11. The molecule has 3 nitrogen and oxygen atoms in total. The molecular weight excluding hydrogens is 347 g/mol. The van der Waals surface area contributed by atoms with Crippen molar-refractivity contribution in [2.75, 3.05) is 5.32 Å². The van der Waals surface area contributed by atoms with E-state index in [-0.39, 0.29) is 11.7 Å². The number of benzene rings is 3. The van der Waals surface area contributed by atoms with Crippen molar-refractivity contribution >= 4 is 33.1 Å². The van der Waals surface area contributed by atoms with E-state index in [4.69, 9.17) is 0 Å². The summed E-state index contributed by atoms with van der Waals surface area (Å²) in [6.45, 7) is 2.07. The van der Waals surface area contributed by atoms with E-state index in [9.17, 15) is 9.18 Å². The molecule has 0 bridgehead atoms. The number of amides is 1. The van der Waals surface area contributed by atoms with Crippen LogP contribution in [0.2, 0.25) is 0 Å². The zero-order chi connectivity index (χ0) is 18.1. The number of rotatable bonds is 3. The number of fused-ring (bicyclic) bond motifs is 1. The van der Waals surface area contributed by atoms with Gasteiger partial charge in [0.25, 0.3) is 5.91 Å². The van der Waals surface area contributed by atoms with Crippen molar-refractivity contribution in [3.05, 3.63) is 83.7 Å². The summed E-state index contributed by atoms with van der Waals surface area (Å²) in [5.74, 6) is -0.634. The number of nitrogens with one attached hydrogen (secondary N) is 1. The smallest absolute Gasteiger partial charge is 0.255 e. The second kappa shape index (κ2) is 6.69. The fourth-order valence-electron chi connectivity index (χ4n) is 2.66. The molecule has 26 heavy (non-hydrogen) atoms. The van der Waals surface area contributed by atoms with Crippen molar-refractivity contribution in [1.29, 1.82) is 0 Å². The predicted octanol–water partition coefficient (Wildman–Crippen LogP) is 5.66. The molecule has 1 aromatic heterocycles. The summed E-state index contributed by atoms with van der Waals surface area (Å²) in [7, 11) is 0. The van der Waals surface area contributed by atoms with Gasteiger partial charge in [-0.25, -0.2) is 9.37 Å². The Labute approximate surface area is 154 Å². The second-order valence-corrected chi connectivity index (χ2v) is 7.06. The molecule has 0 unspecified atom stereocenters. The molecule has 0 radical (unpaired) electrons. The highest BCUT2D eigenvalue weighted by Crippen LogP contribution is 2.31. The van der Waals surface area contributed by atoms with Gasteiger partial charge in [0.15, 0.2) is 0 Å². The minimum absolute atomic E-state index is 0.270. The number of aromatic nitrogens is 1. The lowest BCUT2D eigenvalue weighted by molar-refractivity contribution is 0.102. The van der Waals surface area contributed by atoms with E-state index in [1.165, 1.54) is 29.8 Å². The molecule has 0 aliphatic rings. The van der Waals surface area contributed by atoms with Gasteiger partial charge in [-0.1, -0.05) is 6.07 Å². The van der Waals surface area contributed by atoms with Gasteiger partial charge in [0, 0.05) is 16.8 Å². The summed E-state index contributed by atoms with van der Waals surface area (Å²) in [5.41, 5.74) is 4.30. The Morgan fingerprint density at radius 1 is 1.00 bits per heavy atom. The molecule has 5 heteroatoms. The number of hydrogen-bond acceptors (Lipinski definition) is 3. The quantitative estimate of drug-likeness (QED) is 0.511. The van der Waals surface area contributed by atoms with E-state index >= 15 is 0 Å². The maximum absolute atomic E-state index is 12.9. The van der Waals surface area contributed by atoms with Crippen molar-refractivity contribution in [3.8, 4) is 10.6 Å². The van der Waals surface area contributed by atoms with Crippen LogP contribution in [0.25, 0.3) is 20.8 Å². The van der Waals surface area contributed by atoms with Crippen LogP contribution in [0, 0.1) is 12.7 Å². The number of carbonyl (C=O) groups excluding carboxylic acids is 1. The van der Waals surface area contributed by atoms with Crippen LogP contribution >= 0.6 is 11.3 Å². The third-order valence-electron chi connectivity index (χ3n) is 4.04. The average molecular weight is 362 g/mol. The Hall–Kier alpha value is -3.05. The number of hydrogen-bond donors (Lipinski definition) is 1. The second-order valence-electron chi connectivity index (χ2n) is 6.03. The van der Waals surface area contributed by atoms with Crippen LogP contribution in [0.4, 0.5) is 10.1 Å². The molecule has 0 aliphatic carbocycles. The molecule has 128 valence electrons. The molecule has 1 amide bonds. The fraction of sp³-hybridized carbons (Fsp3) is 0.0476. The molecule has 0 spiro atoms. The molecule has 4 aromatic rings. The van der Waals surface area contributed by atoms with Gasteiger partial charge in [0.1, 0.15) is 10.8 Å². The third kappa shape index (κ3) is 3.34. The minimum Gasteiger partial charge on any atom is -0.322 e. The average Bonchev–Trinajstić information content (AvgIpc) is 3.06. The Balaban J connectivity index is 1.54. The predicted molar refractivity (Wildman–Crippen MR) is 104 cm³/mol. The Bertz CT molecular complexity index is 1090. The van der Waals surface area contributed by atoms with Gasteiger partial charge in [-0.05, 0) is 73.2 Å². The highest BCUT2D eigenvalue weighted by atomic mass is 32.1. The van der Waals surface area contributed by atoms with E-state index in [0.717, 1.165) is 20.8 Å². The van der Waals surface area contributed by atoms with Gasteiger partial charge in [0.2, 0.25) is 0 Å². The van der Waals surface area contributed by atoms with Gasteiger partial charge in [0.05, 0.1) is 10.2 Å². The summed E-state index contributed by atoms with van der Waals surface area (Å²) in [6, 6.07) is 19.2. The Morgan fingerprint density at radius 3 is 2.46 bits per heavy atom. The molecule has 0 saturated heterocycles. The van der Waals surface area contributed by atoms with E-state index in [1.807, 2.05) is 30.3 Å². The van der Waals surface area contributed by atoms with Gasteiger partial charge in [-0.15, -0.1) is 11.3 Å². The first kappa shape index (κ1) is 16.4. The molecular formula is C21H15FN2OS. The van der Waals surface area contributed by atoms with E-state index in [0.29, 0.717) is 11.3 Å². The highest BCUT2D eigenvalue weighted by Gasteiger charge is 2.09. The van der Waals surface area contributed by atoms with Gasteiger partial charge in [-0.2, -0.15) is 0 Å². The summed E-state index contributed by atoms with van der Waals surface area (Å²) in [4.78, 5) is 16.9. The first-order valence-corrected chi connectivity index (χ1v) is 8.95. The first-order chi connectivity index (χ1) is 12.6. The number of carbonyl (C=O) groups is 1. The molecule has 4 rings (SSSR count). The van der Waals surface area contributed by atoms with Crippen LogP contribution in [0.5, 0.6) is 0 Å². The lowest BCUT2D eigenvalue weighted by atomic mass is 10.2. The molecule has 0 fully saturated rings. The highest BCUT2D eigenvalue weighted by molar-refractivity contribution is 7.21. The summed E-state index contributed by atoms with van der Waals surface area (Å²) in [5, 5.41) is 3.76. The molecule has 1 N–H and O–H groups in total. The largest absolute Gasteiger partial charge is 0.322 e. The molecule has 3 aromatic carbocycles. The maximum Gasteiger partial charge on any atom is 0.255 e. The van der Waals surface area contributed by atoms with E-state index in [2.05, 4.69) is 29.4 Å². The van der Waals surface area contributed by atoms with Gasteiger partial charge in [-0.3, -0.25) is 4.79 Å². The summed E-state index contributed by atoms with van der Waals surface area (Å²) < 4.78 is 14.1. The molecule has 0 saturated carbocycles. The summed E-state index contributed by atoms with van der Waals surface area (Å²) in [6.07, 6.45) is 0. The standard InChI is InChI=1S/C21H15FN2OS/c1-13-2-11-18-19(12-13)26-21(24-18)15-5-9-17(10-6-15)23-20(25)14-3-7-16(22)8-4-14/h2-12H,1H3,(H,23,25). The van der Waals surface area contributed by atoms with Gasteiger partial charge < -0.3 is 5.32 Å². The maximum atomic E-state index is 12.9. The van der Waals surface area contributed by atoms with Crippen LogP contribution < -0.4 is 5.32 Å². The van der Waals surface area contributed by atoms with E-state index < -0.39 is 0 Å². The number of aryl methyl sites for hydroxylation is 1. The van der Waals surface area contributed by atoms with Crippen molar-refractivity contribution in [2.24, 2.45) is 0 Å². The fourth-order valence-corrected chi connectivity index (χ4v) is 3.73. The lowest BCUT2D eigenvalue weighted by Gasteiger charge is -2.06. The molecule has 0 atom stereocenters. The van der Waals surface area contributed by atoms with Crippen LogP contribution in [0.3, 0.4) is 0 Å². The van der Waals surface area contributed by atoms with Crippen molar-refractivity contribution in [2.45, 2.75) is 6.92 Å². The number of halogens is 1. The van der Waals surface area contributed by atoms with Crippen LogP contribution in [0.15, 0.2) is 66.7 Å². The Morgan fingerprint density at radius 2 is 1.73 bits per heavy atom. The number of anilines is 1. The van der Waals surface area contributed by atoms with Crippen LogP contribution in [0.1, 0.15) is 15.9 Å². The third-order valence-corrected chi connectivity index (χ3v) is 5.11. The van der Waals surface area contributed by atoms with Gasteiger partial charge >= 0.3 is 0 Å². The molecule has 1 heterocycles. The van der Waals surface area contributed by atoms with Crippen molar-refractivity contribution in [1.82, 2.24) is 4.98 Å². The summed E-state index contributed by atoms with van der Waals surface area (Å²) >= 11 is 1.65. The SMILES string of the molecule is Cc1ccc2nc(-c3ccc(NC(=O)c4ccc(F)cc4)cc3)sc2c1.